The molecule has 12 heteroatoms. The Morgan fingerprint density at radius 1 is 1.06 bits per heavy atom. The molecule has 0 aliphatic carbocycles. The third-order valence-corrected chi connectivity index (χ3v) is 6.40. The van der Waals surface area contributed by atoms with Crippen molar-refractivity contribution in [3.05, 3.63) is 24.3 Å². The van der Waals surface area contributed by atoms with Crippen molar-refractivity contribution in [2.75, 3.05) is 26.7 Å². The number of hydrogen-bond acceptors (Lipinski definition) is 6. The van der Waals surface area contributed by atoms with Gasteiger partial charge >= 0.3 is 12.3 Å². The number of likely N-dealkylation sites (N-methyl/N-ethyl adjacent to an activating group) is 1. The summed E-state index contributed by atoms with van der Waals surface area (Å²) in [5, 5.41) is 9.60. The predicted octanol–water partition coefficient (Wildman–Crippen LogP) is 1.84. The van der Waals surface area contributed by atoms with Gasteiger partial charge < -0.3 is 14.6 Å². The van der Waals surface area contributed by atoms with Gasteiger partial charge in [0.15, 0.2) is 0 Å². The van der Waals surface area contributed by atoms with E-state index in [2.05, 4.69) is 4.74 Å². The van der Waals surface area contributed by atoms with Gasteiger partial charge in [-0.25, -0.2) is 0 Å². The lowest BCUT2D eigenvalue weighted by molar-refractivity contribution is -0.274. The molecule has 0 bridgehead atoms. The molecule has 0 radical (unpaired) electrons. The van der Waals surface area contributed by atoms with Crippen molar-refractivity contribution < 1.29 is 41.0 Å². The molecule has 0 amide bonds. The number of carboxylic acids is 1. The molecule has 2 heterocycles. The first-order valence-corrected chi connectivity index (χ1v) is 10.8. The monoisotopic (exact) mass is 464 g/mol. The average molecular weight is 464 g/mol. The Labute approximate surface area is 178 Å². The van der Waals surface area contributed by atoms with Crippen LogP contribution in [0.4, 0.5) is 13.2 Å². The standard InChI is InChI=1S/C19H23F3N2O6S/c1-23-9-8-15(18(25)26)16(17(23)31(27)28)24-10-6-13(7-11-24)29-12-2-4-14(5-3-12)30-19(20,21)22/h2-5,13,15-16H,6-11H2,1H3,(H,25,26). The second-order valence-electron chi connectivity index (χ2n) is 7.55. The summed E-state index contributed by atoms with van der Waals surface area (Å²) in [5.41, 5.74) is 0. The number of hydrogen-bond donors (Lipinski definition) is 1. The van der Waals surface area contributed by atoms with Crippen LogP contribution in [0.2, 0.25) is 0 Å². The third kappa shape index (κ3) is 5.89. The van der Waals surface area contributed by atoms with E-state index in [1.807, 2.05) is 4.90 Å². The summed E-state index contributed by atoms with van der Waals surface area (Å²) in [7, 11) is -0.900. The maximum Gasteiger partial charge on any atom is 0.573 e. The molecule has 3 rings (SSSR count). The van der Waals surface area contributed by atoms with Gasteiger partial charge in [-0.05, 0) is 50.6 Å². The third-order valence-electron chi connectivity index (χ3n) is 5.50. The van der Waals surface area contributed by atoms with Gasteiger partial charge in [-0.15, -0.1) is 13.2 Å². The molecule has 0 aromatic heterocycles. The Hall–Kier alpha value is -2.31. The lowest BCUT2D eigenvalue weighted by Gasteiger charge is -2.44. The van der Waals surface area contributed by atoms with Gasteiger partial charge in [0, 0.05) is 19.6 Å². The molecule has 0 spiro atoms. The molecule has 1 N–H and O–H groups in total. The van der Waals surface area contributed by atoms with E-state index in [1.165, 1.54) is 12.1 Å². The number of piperidine rings is 2. The molecule has 0 saturated carbocycles. The zero-order valence-electron chi connectivity index (χ0n) is 16.7. The summed E-state index contributed by atoms with van der Waals surface area (Å²) in [6, 6.07) is 4.36. The van der Waals surface area contributed by atoms with Crippen LogP contribution in [0.25, 0.3) is 0 Å². The van der Waals surface area contributed by atoms with Gasteiger partial charge in [0.05, 0.1) is 12.0 Å². The summed E-state index contributed by atoms with van der Waals surface area (Å²) in [5.74, 6) is -1.80. The highest BCUT2D eigenvalue weighted by Crippen LogP contribution is 2.29. The molecule has 2 fully saturated rings. The van der Waals surface area contributed by atoms with Crippen molar-refractivity contribution >= 4 is 21.3 Å². The van der Waals surface area contributed by atoms with E-state index in [1.54, 1.807) is 11.9 Å². The minimum Gasteiger partial charge on any atom is -0.490 e. The average Bonchev–Trinajstić information content (AvgIpc) is 2.68. The first-order valence-electron chi connectivity index (χ1n) is 9.71. The number of halogens is 3. The zero-order chi connectivity index (χ0) is 22.8. The molecule has 2 aliphatic rings. The molecule has 2 atom stereocenters. The van der Waals surface area contributed by atoms with Crippen molar-refractivity contribution in [2.45, 2.75) is 37.8 Å². The van der Waals surface area contributed by atoms with E-state index in [9.17, 15) is 31.5 Å². The van der Waals surface area contributed by atoms with Crippen LogP contribution >= 0.6 is 0 Å². The van der Waals surface area contributed by atoms with Crippen molar-refractivity contribution in [1.29, 1.82) is 0 Å². The first kappa shape index (κ1) is 23.4. The fourth-order valence-electron chi connectivity index (χ4n) is 4.08. The number of likely N-dealkylation sites (tertiary alicyclic amines) is 2. The van der Waals surface area contributed by atoms with Crippen LogP contribution in [0, 0.1) is 5.92 Å². The topological polar surface area (TPSA) is 96.4 Å². The molecular weight excluding hydrogens is 441 g/mol. The van der Waals surface area contributed by atoms with Crippen LogP contribution < -0.4 is 9.47 Å². The van der Waals surface area contributed by atoms with E-state index < -0.39 is 34.6 Å². The number of nitrogens with zero attached hydrogens (tertiary/aromatic N) is 2. The Morgan fingerprint density at radius 2 is 1.65 bits per heavy atom. The van der Waals surface area contributed by atoms with Crippen molar-refractivity contribution in [1.82, 2.24) is 9.80 Å². The minimum atomic E-state index is -4.76. The van der Waals surface area contributed by atoms with Crippen LogP contribution in [0.1, 0.15) is 19.3 Å². The minimum absolute atomic E-state index is 0.0817. The lowest BCUT2D eigenvalue weighted by Crippen LogP contribution is -2.59. The molecule has 2 saturated heterocycles. The Kier molecular flexibility index (Phi) is 7.12. The highest BCUT2D eigenvalue weighted by Gasteiger charge is 2.43. The Balaban J connectivity index is 1.64. The summed E-state index contributed by atoms with van der Waals surface area (Å²) in [4.78, 5) is 15.3. The molecule has 1 aromatic carbocycles. The molecule has 172 valence electrons. The SMILES string of the molecule is CN1CCC(C(=O)O)C(N2CCC(Oc3ccc(OC(F)(F)F)cc3)CC2)C1=S(=O)=O. The molecular formula is C19H23F3N2O6S. The largest absolute Gasteiger partial charge is 0.573 e. The van der Waals surface area contributed by atoms with Gasteiger partial charge in [-0.1, -0.05) is 0 Å². The van der Waals surface area contributed by atoms with E-state index in [0.29, 0.717) is 44.6 Å². The van der Waals surface area contributed by atoms with Crippen LogP contribution in [0.3, 0.4) is 0 Å². The summed E-state index contributed by atoms with van der Waals surface area (Å²) in [6.45, 7) is 1.22. The van der Waals surface area contributed by atoms with Crippen LogP contribution in [-0.4, -0.2) is 79.5 Å². The quantitative estimate of drug-likeness (QED) is 0.660. The summed E-state index contributed by atoms with van der Waals surface area (Å²) < 4.78 is 70.0. The molecule has 8 nitrogen and oxygen atoms in total. The number of carbonyl (C=O) groups is 1. The molecule has 1 aromatic rings. The number of ether oxygens (including phenoxy) is 2. The van der Waals surface area contributed by atoms with Gasteiger partial charge in [0.2, 0.25) is 10.3 Å². The van der Waals surface area contributed by atoms with Gasteiger partial charge in [0.1, 0.15) is 22.6 Å². The highest BCUT2D eigenvalue weighted by atomic mass is 32.2. The normalized spacial score (nSPS) is 24.1. The maximum atomic E-state index is 12.2. The van der Waals surface area contributed by atoms with Crippen LogP contribution in [-0.2, 0) is 15.1 Å². The number of alkyl halides is 3. The lowest BCUT2D eigenvalue weighted by atomic mass is 9.89. The van der Waals surface area contributed by atoms with Crippen molar-refractivity contribution in [3.63, 3.8) is 0 Å². The Morgan fingerprint density at radius 3 is 2.16 bits per heavy atom. The number of carboxylic acid groups (broad SMARTS) is 1. The predicted molar refractivity (Wildman–Crippen MR) is 104 cm³/mol. The van der Waals surface area contributed by atoms with E-state index >= 15 is 0 Å². The number of aliphatic carboxylic acids is 1. The van der Waals surface area contributed by atoms with E-state index in [-0.39, 0.29) is 16.8 Å². The second kappa shape index (κ2) is 9.45. The van der Waals surface area contributed by atoms with E-state index in [0.717, 1.165) is 12.1 Å². The highest BCUT2D eigenvalue weighted by molar-refractivity contribution is 7.73. The zero-order valence-corrected chi connectivity index (χ0v) is 17.5. The smallest absolute Gasteiger partial charge is 0.490 e. The van der Waals surface area contributed by atoms with Crippen molar-refractivity contribution in [2.24, 2.45) is 5.92 Å². The van der Waals surface area contributed by atoms with Gasteiger partial charge in [-0.2, -0.15) is 8.42 Å². The first-order chi connectivity index (χ1) is 14.5. The number of rotatable bonds is 5. The maximum absolute atomic E-state index is 12.2. The fraction of sp³-hybridized carbons (Fsp3) is 0.579. The van der Waals surface area contributed by atoms with Gasteiger partial charge in [-0.3, -0.25) is 14.6 Å². The van der Waals surface area contributed by atoms with Crippen LogP contribution in [0.5, 0.6) is 11.5 Å². The summed E-state index contributed by atoms with van der Waals surface area (Å²) >= 11 is 0. The van der Waals surface area contributed by atoms with Crippen LogP contribution in [0.15, 0.2) is 24.3 Å². The van der Waals surface area contributed by atoms with Crippen molar-refractivity contribution in [3.8, 4) is 11.5 Å². The number of benzene rings is 1. The molecule has 2 unspecified atom stereocenters. The van der Waals surface area contributed by atoms with E-state index in [4.69, 9.17) is 4.74 Å². The van der Waals surface area contributed by atoms with Gasteiger partial charge in [0.25, 0.3) is 0 Å². The fourth-order valence-corrected chi connectivity index (χ4v) is 4.93. The Bertz CT molecular complexity index is 919. The molecule has 2 aliphatic heterocycles. The molecule has 31 heavy (non-hydrogen) atoms. The summed E-state index contributed by atoms with van der Waals surface area (Å²) in [6.07, 6.45) is -3.60. The second-order valence-corrected chi connectivity index (χ2v) is 8.43.